The fourth-order valence-corrected chi connectivity index (χ4v) is 2.03. The van der Waals surface area contributed by atoms with E-state index in [-0.39, 0.29) is 6.04 Å². The van der Waals surface area contributed by atoms with E-state index in [0.717, 1.165) is 52.0 Å². The second kappa shape index (κ2) is 7.46. The molecule has 0 radical (unpaired) electrons. The molecule has 0 aliphatic carbocycles. The van der Waals surface area contributed by atoms with Crippen LogP contribution in [0.1, 0.15) is 32.6 Å². The monoisotopic (exact) mass is 229 g/mol. The molecule has 1 fully saturated rings. The summed E-state index contributed by atoms with van der Waals surface area (Å²) in [5.74, 6) is 0.325. The number of rotatable bonds is 7. The van der Waals surface area contributed by atoms with E-state index in [1.54, 1.807) is 0 Å². The standard InChI is InChI=1S/C11H23N3O2/c1-2-3-8-16-9-7-14-6-4-5-10(14)11(12)13-15/h10,15H,2-9H2,1H3,(H2,12,13). The Balaban J connectivity index is 2.20. The average Bonchev–Trinajstić information content (AvgIpc) is 2.76. The summed E-state index contributed by atoms with van der Waals surface area (Å²) in [4.78, 5) is 2.22. The molecule has 1 aliphatic heterocycles. The minimum absolute atomic E-state index is 0.0970. The summed E-state index contributed by atoms with van der Waals surface area (Å²) < 4.78 is 5.51. The van der Waals surface area contributed by atoms with Gasteiger partial charge in [-0.3, -0.25) is 4.90 Å². The van der Waals surface area contributed by atoms with Crippen molar-refractivity contribution in [2.24, 2.45) is 10.9 Å². The van der Waals surface area contributed by atoms with E-state index in [4.69, 9.17) is 15.7 Å². The van der Waals surface area contributed by atoms with Gasteiger partial charge in [0.15, 0.2) is 5.84 Å². The lowest BCUT2D eigenvalue weighted by molar-refractivity contribution is 0.104. The van der Waals surface area contributed by atoms with E-state index < -0.39 is 0 Å². The van der Waals surface area contributed by atoms with Gasteiger partial charge < -0.3 is 15.7 Å². The summed E-state index contributed by atoms with van der Waals surface area (Å²) in [5, 5.41) is 11.7. The molecule has 16 heavy (non-hydrogen) atoms. The molecule has 94 valence electrons. The van der Waals surface area contributed by atoms with E-state index >= 15 is 0 Å². The molecule has 0 aromatic carbocycles. The summed E-state index contributed by atoms with van der Waals surface area (Å²) in [5.41, 5.74) is 5.64. The lowest BCUT2D eigenvalue weighted by Gasteiger charge is -2.22. The van der Waals surface area contributed by atoms with Crippen molar-refractivity contribution >= 4 is 5.84 Å². The van der Waals surface area contributed by atoms with Gasteiger partial charge in [0.1, 0.15) is 0 Å². The lowest BCUT2D eigenvalue weighted by Crippen LogP contribution is -2.42. The van der Waals surface area contributed by atoms with Crippen molar-refractivity contribution in [1.82, 2.24) is 4.90 Å². The fourth-order valence-electron chi connectivity index (χ4n) is 2.03. The van der Waals surface area contributed by atoms with Gasteiger partial charge in [0.2, 0.25) is 0 Å². The molecule has 0 amide bonds. The first-order valence-electron chi connectivity index (χ1n) is 6.08. The highest BCUT2D eigenvalue weighted by Crippen LogP contribution is 2.16. The van der Waals surface area contributed by atoms with Crippen LogP contribution in [0.25, 0.3) is 0 Å². The Morgan fingerprint density at radius 3 is 3.06 bits per heavy atom. The van der Waals surface area contributed by atoms with Crippen molar-refractivity contribution in [1.29, 1.82) is 0 Å². The summed E-state index contributed by atoms with van der Waals surface area (Å²) in [6.07, 6.45) is 4.36. The zero-order chi connectivity index (χ0) is 11.8. The van der Waals surface area contributed by atoms with Crippen molar-refractivity contribution in [3.05, 3.63) is 0 Å². The maximum atomic E-state index is 8.66. The fraction of sp³-hybridized carbons (Fsp3) is 0.909. The number of oxime groups is 1. The number of nitrogens with zero attached hydrogens (tertiary/aromatic N) is 2. The molecule has 0 aromatic rings. The van der Waals surface area contributed by atoms with E-state index in [9.17, 15) is 0 Å². The Bertz CT molecular complexity index is 221. The third-order valence-corrected chi connectivity index (χ3v) is 2.99. The molecule has 0 bridgehead atoms. The summed E-state index contributed by atoms with van der Waals surface area (Å²) in [6, 6.07) is 0.0970. The zero-order valence-electron chi connectivity index (χ0n) is 10.1. The van der Waals surface area contributed by atoms with Crippen molar-refractivity contribution in [3.8, 4) is 0 Å². The lowest BCUT2D eigenvalue weighted by atomic mass is 10.2. The highest BCUT2D eigenvalue weighted by Gasteiger charge is 2.27. The maximum Gasteiger partial charge on any atom is 0.156 e. The second-order valence-corrected chi connectivity index (χ2v) is 4.18. The van der Waals surface area contributed by atoms with Crippen LogP contribution in [0.2, 0.25) is 0 Å². The molecule has 1 rings (SSSR count). The van der Waals surface area contributed by atoms with Crippen LogP contribution in [-0.4, -0.2) is 48.3 Å². The molecule has 1 aliphatic rings. The van der Waals surface area contributed by atoms with Crippen LogP contribution in [0.5, 0.6) is 0 Å². The molecular formula is C11H23N3O2. The van der Waals surface area contributed by atoms with Crippen LogP contribution in [0, 0.1) is 0 Å². The molecule has 1 heterocycles. The van der Waals surface area contributed by atoms with Crippen LogP contribution in [0.15, 0.2) is 5.16 Å². The molecule has 0 aromatic heterocycles. The van der Waals surface area contributed by atoms with E-state index in [2.05, 4.69) is 17.0 Å². The highest BCUT2D eigenvalue weighted by molar-refractivity contribution is 5.85. The first-order valence-corrected chi connectivity index (χ1v) is 6.08. The first kappa shape index (κ1) is 13.3. The van der Waals surface area contributed by atoms with Gasteiger partial charge in [0.25, 0.3) is 0 Å². The molecule has 0 spiro atoms. The average molecular weight is 229 g/mol. The summed E-state index contributed by atoms with van der Waals surface area (Å²) in [6.45, 7) is 5.59. The van der Waals surface area contributed by atoms with Crippen molar-refractivity contribution in [2.45, 2.75) is 38.6 Å². The Morgan fingerprint density at radius 1 is 1.56 bits per heavy atom. The van der Waals surface area contributed by atoms with Gasteiger partial charge in [-0.25, -0.2) is 0 Å². The minimum Gasteiger partial charge on any atom is -0.409 e. The molecule has 0 saturated carbocycles. The first-order chi connectivity index (χ1) is 7.79. The molecule has 1 atom stereocenters. The van der Waals surface area contributed by atoms with Crippen molar-refractivity contribution in [3.63, 3.8) is 0 Å². The number of amidine groups is 1. The van der Waals surface area contributed by atoms with E-state index in [1.165, 1.54) is 0 Å². The van der Waals surface area contributed by atoms with Crippen LogP contribution in [0.4, 0.5) is 0 Å². The van der Waals surface area contributed by atoms with Crippen molar-refractivity contribution in [2.75, 3.05) is 26.3 Å². The zero-order valence-corrected chi connectivity index (χ0v) is 10.1. The van der Waals surface area contributed by atoms with Crippen LogP contribution in [0.3, 0.4) is 0 Å². The van der Waals surface area contributed by atoms with Gasteiger partial charge >= 0.3 is 0 Å². The quantitative estimate of drug-likeness (QED) is 0.225. The third kappa shape index (κ3) is 3.98. The van der Waals surface area contributed by atoms with Crippen LogP contribution in [-0.2, 0) is 4.74 Å². The Kier molecular flexibility index (Phi) is 6.18. The summed E-state index contributed by atoms with van der Waals surface area (Å²) >= 11 is 0. The Labute approximate surface area is 97.2 Å². The molecule has 1 saturated heterocycles. The third-order valence-electron chi connectivity index (χ3n) is 2.99. The number of nitrogens with two attached hydrogens (primary N) is 1. The van der Waals surface area contributed by atoms with Gasteiger partial charge in [0.05, 0.1) is 12.6 Å². The molecule has 1 unspecified atom stereocenters. The van der Waals surface area contributed by atoms with Crippen LogP contribution < -0.4 is 5.73 Å². The SMILES string of the molecule is CCCCOCCN1CCCC1C(N)=NO. The Morgan fingerprint density at radius 2 is 2.38 bits per heavy atom. The molecular weight excluding hydrogens is 206 g/mol. The van der Waals surface area contributed by atoms with Crippen LogP contribution >= 0.6 is 0 Å². The molecule has 3 N–H and O–H groups in total. The van der Waals surface area contributed by atoms with Crippen molar-refractivity contribution < 1.29 is 9.94 Å². The minimum atomic E-state index is 0.0970. The Hall–Kier alpha value is -0.810. The van der Waals surface area contributed by atoms with Gasteiger partial charge in [-0.1, -0.05) is 18.5 Å². The molecule has 5 heteroatoms. The maximum absolute atomic E-state index is 8.66. The van der Waals surface area contributed by atoms with E-state index in [0.29, 0.717) is 5.84 Å². The second-order valence-electron chi connectivity index (χ2n) is 4.18. The van der Waals surface area contributed by atoms with E-state index in [1.807, 2.05) is 0 Å². The smallest absolute Gasteiger partial charge is 0.156 e. The number of ether oxygens (including phenoxy) is 1. The van der Waals surface area contributed by atoms with Gasteiger partial charge in [-0.2, -0.15) is 0 Å². The number of unbranched alkanes of at least 4 members (excludes halogenated alkanes) is 1. The number of likely N-dealkylation sites (tertiary alicyclic amines) is 1. The highest BCUT2D eigenvalue weighted by atomic mass is 16.5. The summed E-state index contributed by atoms with van der Waals surface area (Å²) in [7, 11) is 0. The number of hydrogen-bond acceptors (Lipinski definition) is 4. The largest absolute Gasteiger partial charge is 0.409 e. The predicted octanol–water partition coefficient (Wildman–Crippen LogP) is 1.01. The normalized spacial score (nSPS) is 22.8. The van der Waals surface area contributed by atoms with Gasteiger partial charge in [-0.15, -0.1) is 0 Å². The van der Waals surface area contributed by atoms with Gasteiger partial charge in [-0.05, 0) is 25.8 Å². The predicted molar refractivity (Wildman–Crippen MR) is 63.7 cm³/mol. The van der Waals surface area contributed by atoms with Gasteiger partial charge in [0, 0.05) is 13.2 Å². The number of hydrogen-bond donors (Lipinski definition) is 2. The molecule has 5 nitrogen and oxygen atoms in total. The topological polar surface area (TPSA) is 71.1 Å².